The van der Waals surface area contributed by atoms with Crippen LogP contribution in [-0.4, -0.2) is 23.4 Å². The van der Waals surface area contributed by atoms with Gasteiger partial charge in [-0.15, -0.1) is 0 Å². The summed E-state index contributed by atoms with van der Waals surface area (Å²) in [4.78, 5) is 14.2. The van der Waals surface area contributed by atoms with Crippen LogP contribution in [0.3, 0.4) is 0 Å². The van der Waals surface area contributed by atoms with Crippen molar-refractivity contribution >= 4 is 5.91 Å². The van der Waals surface area contributed by atoms with Gasteiger partial charge in [0.25, 0.3) is 5.91 Å². The predicted octanol–water partition coefficient (Wildman–Crippen LogP) is 2.81. The number of piperidine rings is 1. The van der Waals surface area contributed by atoms with Crippen LogP contribution in [0.25, 0.3) is 0 Å². The lowest BCUT2D eigenvalue weighted by Gasteiger charge is -2.33. The van der Waals surface area contributed by atoms with Gasteiger partial charge in [-0.2, -0.15) is 0 Å². The van der Waals surface area contributed by atoms with Crippen molar-refractivity contribution in [3.05, 3.63) is 35.4 Å². The summed E-state index contributed by atoms with van der Waals surface area (Å²) >= 11 is 0. The number of carbonyl (C=O) groups is 1. The summed E-state index contributed by atoms with van der Waals surface area (Å²) < 4.78 is 0. The molecule has 85 valence electrons. The fourth-order valence-electron chi connectivity index (χ4n) is 2.26. The zero-order chi connectivity index (χ0) is 11.5. The number of rotatable bonds is 1. The lowest BCUT2D eigenvalue weighted by Crippen LogP contribution is -2.42. The molecule has 1 radical (unpaired) electrons. The average molecular weight is 216 g/mol. The number of benzene rings is 1. The van der Waals surface area contributed by atoms with Crippen LogP contribution in [0, 0.1) is 13.0 Å². The number of likely N-dealkylation sites (tertiary alicyclic amines) is 1. The van der Waals surface area contributed by atoms with Gasteiger partial charge in [0.2, 0.25) is 0 Å². The molecule has 1 aromatic carbocycles. The monoisotopic (exact) mass is 216 g/mol. The molecule has 1 unspecified atom stereocenters. The highest BCUT2D eigenvalue weighted by atomic mass is 16.2. The normalized spacial score (nSPS) is 20.9. The molecule has 1 aliphatic rings. The summed E-state index contributed by atoms with van der Waals surface area (Å²) in [5, 5.41) is 0. The Balaban J connectivity index is 2.17. The largest absolute Gasteiger partial charge is 0.336 e. The van der Waals surface area contributed by atoms with Crippen LogP contribution in [-0.2, 0) is 0 Å². The van der Waals surface area contributed by atoms with Crippen molar-refractivity contribution in [2.45, 2.75) is 39.2 Å². The maximum atomic E-state index is 12.3. The lowest BCUT2D eigenvalue weighted by atomic mass is 10.0. The van der Waals surface area contributed by atoms with Crippen LogP contribution < -0.4 is 0 Å². The van der Waals surface area contributed by atoms with Crippen molar-refractivity contribution in [1.29, 1.82) is 0 Å². The first kappa shape index (κ1) is 11.2. The molecule has 0 bridgehead atoms. The maximum absolute atomic E-state index is 12.3. The third kappa shape index (κ3) is 2.26. The minimum absolute atomic E-state index is 0.135. The van der Waals surface area contributed by atoms with E-state index in [1.807, 2.05) is 30.0 Å². The van der Waals surface area contributed by atoms with E-state index in [2.05, 4.69) is 13.0 Å². The molecule has 1 atom stereocenters. The second kappa shape index (κ2) is 4.69. The third-order valence-electron chi connectivity index (χ3n) is 3.25. The zero-order valence-corrected chi connectivity index (χ0v) is 9.99. The number of nitrogens with zero attached hydrogens (tertiary/aromatic N) is 1. The van der Waals surface area contributed by atoms with Crippen LogP contribution in [0.4, 0.5) is 0 Å². The van der Waals surface area contributed by atoms with E-state index in [0.29, 0.717) is 11.6 Å². The smallest absolute Gasteiger partial charge is 0.254 e. The van der Waals surface area contributed by atoms with Crippen molar-refractivity contribution in [3.63, 3.8) is 0 Å². The summed E-state index contributed by atoms with van der Waals surface area (Å²) in [6.07, 6.45) is 3.49. The van der Waals surface area contributed by atoms with Gasteiger partial charge in [-0.3, -0.25) is 4.79 Å². The molecule has 16 heavy (non-hydrogen) atoms. The van der Waals surface area contributed by atoms with Gasteiger partial charge in [0.15, 0.2) is 0 Å². The molecule has 0 saturated carbocycles. The molecule has 0 aliphatic carbocycles. The summed E-state index contributed by atoms with van der Waals surface area (Å²) in [7, 11) is 0. The van der Waals surface area contributed by atoms with Crippen LogP contribution in [0.15, 0.2) is 18.2 Å². The highest BCUT2D eigenvalue weighted by Crippen LogP contribution is 2.19. The molecule has 2 heteroatoms. The Labute approximate surface area is 97.3 Å². The third-order valence-corrected chi connectivity index (χ3v) is 3.25. The highest BCUT2D eigenvalue weighted by molar-refractivity contribution is 5.94. The van der Waals surface area contributed by atoms with Crippen LogP contribution in [0.1, 0.15) is 42.1 Å². The number of carbonyl (C=O) groups excluding carboxylic acids is 1. The second-order valence-electron chi connectivity index (χ2n) is 4.62. The van der Waals surface area contributed by atoms with E-state index in [-0.39, 0.29) is 5.91 Å². The Morgan fingerprint density at radius 3 is 3.00 bits per heavy atom. The van der Waals surface area contributed by atoms with E-state index < -0.39 is 0 Å². The van der Waals surface area contributed by atoms with E-state index >= 15 is 0 Å². The topological polar surface area (TPSA) is 20.3 Å². The first-order chi connectivity index (χ1) is 7.68. The molecule has 1 fully saturated rings. The molecular formula is C14H18NO. The van der Waals surface area contributed by atoms with E-state index in [1.165, 1.54) is 6.42 Å². The second-order valence-corrected chi connectivity index (χ2v) is 4.62. The summed E-state index contributed by atoms with van der Waals surface area (Å²) in [6, 6.07) is 9.13. The van der Waals surface area contributed by atoms with E-state index in [1.54, 1.807) is 0 Å². The Bertz CT molecular complexity index is 386. The van der Waals surface area contributed by atoms with Gasteiger partial charge in [0, 0.05) is 18.2 Å². The quantitative estimate of drug-likeness (QED) is 0.707. The number of aryl methyl sites for hydroxylation is 1. The van der Waals surface area contributed by atoms with E-state index in [9.17, 15) is 4.79 Å². The lowest BCUT2D eigenvalue weighted by molar-refractivity contribution is 0.0635. The average Bonchev–Trinajstić information content (AvgIpc) is 2.29. The molecule has 1 saturated heterocycles. The first-order valence-corrected chi connectivity index (χ1v) is 5.98. The van der Waals surface area contributed by atoms with E-state index in [0.717, 1.165) is 24.9 Å². The van der Waals surface area contributed by atoms with Gasteiger partial charge in [0.1, 0.15) is 0 Å². The molecule has 0 spiro atoms. The number of amides is 1. The van der Waals surface area contributed by atoms with Gasteiger partial charge >= 0.3 is 0 Å². The molecule has 0 N–H and O–H groups in total. The molecule has 1 heterocycles. The fourth-order valence-corrected chi connectivity index (χ4v) is 2.26. The van der Waals surface area contributed by atoms with Gasteiger partial charge < -0.3 is 4.90 Å². The Morgan fingerprint density at radius 1 is 1.50 bits per heavy atom. The predicted molar refractivity (Wildman–Crippen MR) is 64.4 cm³/mol. The van der Waals surface area contributed by atoms with Gasteiger partial charge in [-0.05, 0) is 45.2 Å². The minimum Gasteiger partial charge on any atom is -0.336 e. The van der Waals surface area contributed by atoms with Crippen LogP contribution in [0.5, 0.6) is 0 Å². The van der Waals surface area contributed by atoms with Crippen LogP contribution >= 0.6 is 0 Å². The van der Waals surface area contributed by atoms with Gasteiger partial charge in [-0.25, -0.2) is 0 Å². The maximum Gasteiger partial charge on any atom is 0.254 e. The Hall–Kier alpha value is -1.31. The van der Waals surface area contributed by atoms with Crippen molar-refractivity contribution < 1.29 is 4.79 Å². The molecule has 2 rings (SSSR count). The van der Waals surface area contributed by atoms with Crippen LogP contribution in [0.2, 0.25) is 0 Å². The van der Waals surface area contributed by atoms with Crippen molar-refractivity contribution in [3.8, 4) is 0 Å². The van der Waals surface area contributed by atoms with E-state index in [4.69, 9.17) is 0 Å². The van der Waals surface area contributed by atoms with Crippen molar-refractivity contribution in [2.75, 3.05) is 6.54 Å². The summed E-state index contributed by atoms with van der Waals surface area (Å²) in [5.41, 5.74) is 1.82. The minimum atomic E-state index is 0.135. The highest BCUT2D eigenvalue weighted by Gasteiger charge is 2.24. The van der Waals surface area contributed by atoms with Gasteiger partial charge in [-0.1, -0.05) is 17.7 Å². The summed E-state index contributed by atoms with van der Waals surface area (Å²) in [5.74, 6) is 0.135. The number of hydrogen-bond donors (Lipinski definition) is 0. The van der Waals surface area contributed by atoms with Crippen molar-refractivity contribution in [2.24, 2.45) is 0 Å². The molecule has 1 aliphatic heterocycles. The number of hydrogen-bond acceptors (Lipinski definition) is 1. The molecule has 2 nitrogen and oxygen atoms in total. The van der Waals surface area contributed by atoms with Crippen molar-refractivity contribution in [1.82, 2.24) is 4.90 Å². The molecule has 1 amide bonds. The Morgan fingerprint density at radius 2 is 2.31 bits per heavy atom. The summed E-state index contributed by atoms with van der Waals surface area (Å²) in [6.45, 7) is 5.03. The molecule has 1 aromatic rings. The fraction of sp³-hybridized carbons (Fsp3) is 0.500. The Kier molecular flexibility index (Phi) is 3.28. The first-order valence-electron chi connectivity index (χ1n) is 5.98. The molecule has 0 aromatic heterocycles. The molecular weight excluding hydrogens is 198 g/mol. The SMILES string of the molecule is Cc1cc[c]c(C(=O)N2CCCCC2C)c1. The van der Waals surface area contributed by atoms with Gasteiger partial charge in [0.05, 0.1) is 0 Å². The standard InChI is InChI=1S/C14H18NO/c1-11-6-5-8-13(10-11)14(16)15-9-4-3-7-12(15)2/h5-6,10,12H,3-4,7,9H2,1-2H3. The zero-order valence-electron chi connectivity index (χ0n) is 9.99.